The molecule has 0 aliphatic carbocycles. The first-order valence-electron chi connectivity index (χ1n) is 5.23. The Kier molecular flexibility index (Phi) is 3.24. The highest BCUT2D eigenvalue weighted by Gasteiger charge is 2.07. The summed E-state index contributed by atoms with van der Waals surface area (Å²) in [5, 5.41) is 0. The third-order valence-corrected chi connectivity index (χ3v) is 2.36. The van der Waals surface area contributed by atoms with Crippen molar-refractivity contribution in [2.24, 2.45) is 5.84 Å². The Bertz CT molecular complexity index is 483. The van der Waals surface area contributed by atoms with Crippen molar-refractivity contribution >= 4 is 11.8 Å². The summed E-state index contributed by atoms with van der Waals surface area (Å²) in [6.45, 7) is 2.62. The molecule has 0 amide bonds. The quantitative estimate of drug-likeness (QED) is 0.612. The van der Waals surface area contributed by atoms with E-state index in [4.69, 9.17) is 10.3 Å². The molecule has 0 saturated carbocycles. The first kappa shape index (κ1) is 11.4. The van der Waals surface area contributed by atoms with Crippen molar-refractivity contribution in [2.75, 3.05) is 17.4 Å². The van der Waals surface area contributed by atoms with E-state index < -0.39 is 0 Å². The van der Waals surface area contributed by atoms with Gasteiger partial charge in [-0.3, -0.25) is 5.43 Å². The second kappa shape index (κ2) is 4.84. The van der Waals surface area contributed by atoms with Gasteiger partial charge in [-0.15, -0.1) is 0 Å². The lowest BCUT2D eigenvalue weighted by atomic mass is 10.3. The fourth-order valence-corrected chi connectivity index (χ4v) is 1.55. The SMILES string of the molecule is Cc1cc(N(C)Cc2ccoc2)nc(NN)n1. The van der Waals surface area contributed by atoms with Gasteiger partial charge in [0, 0.05) is 30.9 Å². The number of aromatic nitrogens is 2. The second-order valence-corrected chi connectivity index (χ2v) is 3.82. The van der Waals surface area contributed by atoms with Crippen LogP contribution >= 0.6 is 0 Å². The van der Waals surface area contributed by atoms with Crippen molar-refractivity contribution < 1.29 is 4.42 Å². The Morgan fingerprint density at radius 2 is 2.29 bits per heavy atom. The topological polar surface area (TPSA) is 80.2 Å². The summed E-state index contributed by atoms with van der Waals surface area (Å²) in [5.41, 5.74) is 4.41. The number of nitrogens with two attached hydrogens (primary N) is 1. The molecule has 2 heterocycles. The minimum atomic E-state index is 0.416. The number of nitrogens with one attached hydrogen (secondary N) is 1. The van der Waals surface area contributed by atoms with E-state index in [9.17, 15) is 0 Å². The summed E-state index contributed by atoms with van der Waals surface area (Å²) in [6, 6.07) is 3.83. The highest BCUT2D eigenvalue weighted by molar-refractivity contribution is 5.44. The maximum absolute atomic E-state index is 5.32. The van der Waals surface area contributed by atoms with Gasteiger partial charge >= 0.3 is 0 Å². The second-order valence-electron chi connectivity index (χ2n) is 3.82. The first-order chi connectivity index (χ1) is 8.19. The molecule has 0 aliphatic rings. The Labute approximate surface area is 99.4 Å². The molecule has 0 bridgehead atoms. The van der Waals surface area contributed by atoms with Crippen molar-refractivity contribution in [3.05, 3.63) is 35.9 Å². The highest BCUT2D eigenvalue weighted by Crippen LogP contribution is 2.15. The molecule has 0 fully saturated rings. The summed E-state index contributed by atoms with van der Waals surface area (Å²) in [4.78, 5) is 10.4. The third kappa shape index (κ3) is 2.73. The predicted molar refractivity (Wildman–Crippen MR) is 65.4 cm³/mol. The van der Waals surface area contributed by atoms with Crippen LogP contribution in [0.25, 0.3) is 0 Å². The maximum Gasteiger partial charge on any atom is 0.239 e. The molecule has 3 N–H and O–H groups in total. The zero-order valence-corrected chi connectivity index (χ0v) is 9.84. The molecule has 0 saturated heterocycles. The van der Waals surface area contributed by atoms with E-state index in [-0.39, 0.29) is 0 Å². The van der Waals surface area contributed by atoms with Crippen LogP contribution in [-0.2, 0) is 6.54 Å². The van der Waals surface area contributed by atoms with Gasteiger partial charge in [0.05, 0.1) is 12.5 Å². The van der Waals surface area contributed by atoms with Crippen LogP contribution in [0.1, 0.15) is 11.3 Å². The highest BCUT2D eigenvalue weighted by atomic mass is 16.3. The largest absolute Gasteiger partial charge is 0.472 e. The van der Waals surface area contributed by atoms with Crippen molar-refractivity contribution in [1.29, 1.82) is 0 Å². The van der Waals surface area contributed by atoms with Crippen LogP contribution in [0.4, 0.5) is 11.8 Å². The molecule has 0 atom stereocenters. The number of rotatable bonds is 4. The minimum absolute atomic E-state index is 0.416. The molecule has 90 valence electrons. The average molecular weight is 233 g/mol. The van der Waals surface area contributed by atoms with Gasteiger partial charge in [-0.05, 0) is 13.0 Å². The van der Waals surface area contributed by atoms with Crippen molar-refractivity contribution in [3.8, 4) is 0 Å². The number of hydrazine groups is 1. The first-order valence-corrected chi connectivity index (χ1v) is 5.23. The van der Waals surface area contributed by atoms with E-state index in [0.717, 1.165) is 23.6 Å². The van der Waals surface area contributed by atoms with Crippen molar-refractivity contribution in [1.82, 2.24) is 9.97 Å². The van der Waals surface area contributed by atoms with E-state index in [0.29, 0.717) is 5.95 Å². The van der Waals surface area contributed by atoms with E-state index in [2.05, 4.69) is 15.4 Å². The minimum Gasteiger partial charge on any atom is -0.472 e. The molecule has 2 aromatic rings. The van der Waals surface area contributed by atoms with Gasteiger partial charge < -0.3 is 9.32 Å². The van der Waals surface area contributed by atoms with Crippen molar-refractivity contribution in [3.63, 3.8) is 0 Å². The van der Waals surface area contributed by atoms with Crippen LogP contribution < -0.4 is 16.2 Å². The molecule has 0 spiro atoms. The number of aryl methyl sites for hydroxylation is 1. The van der Waals surface area contributed by atoms with Gasteiger partial charge in [0.1, 0.15) is 5.82 Å². The van der Waals surface area contributed by atoms with Crippen LogP contribution in [0.2, 0.25) is 0 Å². The van der Waals surface area contributed by atoms with Crippen molar-refractivity contribution in [2.45, 2.75) is 13.5 Å². The van der Waals surface area contributed by atoms with E-state index in [1.165, 1.54) is 0 Å². The number of nitrogens with zero attached hydrogens (tertiary/aromatic N) is 3. The van der Waals surface area contributed by atoms with E-state index >= 15 is 0 Å². The Hall–Kier alpha value is -2.08. The fourth-order valence-electron chi connectivity index (χ4n) is 1.55. The monoisotopic (exact) mass is 233 g/mol. The Morgan fingerprint density at radius 3 is 2.94 bits per heavy atom. The Balaban J connectivity index is 2.18. The third-order valence-electron chi connectivity index (χ3n) is 2.36. The van der Waals surface area contributed by atoms with Crippen LogP contribution in [0.15, 0.2) is 29.1 Å². The molecule has 17 heavy (non-hydrogen) atoms. The zero-order valence-electron chi connectivity index (χ0n) is 9.84. The number of nitrogen functional groups attached to an aromatic ring is 1. The number of hydrogen-bond donors (Lipinski definition) is 2. The summed E-state index contributed by atoms with van der Waals surface area (Å²) >= 11 is 0. The fraction of sp³-hybridized carbons (Fsp3) is 0.273. The number of hydrogen-bond acceptors (Lipinski definition) is 6. The van der Waals surface area contributed by atoms with Gasteiger partial charge in [-0.25, -0.2) is 10.8 Å². The maximum atomic E-state index is 5.32. The lowest BCUT2D eigenvalue weighted by Crippen LogP contribution is -2.19. The predicted octanol–water partition coefficient (Wildman–Crippen LogP) is 1.30. The molecular formula is C11H15N5O. The van der Waals surface area contributed by atoms with E-state index in [1.54, 1.807) is 12.5 Å². The summed E-state index contributed by atoms with van der Waals surface area (Å²) < 4.78 is 5.03. The molecule has 0 unspecified atom stereocenters. The van der Waals surface area contributed by atoms with Gasteiger partial charge in [-0.2, -0.15) is 4.98 Å². The summed E-state index contributed by atoms with van der Waals surface area (Å²) in [5.74, 6) is 6.54. The van der Waals surface area contributed by atoms with E-state index in [1.807, 2.05) is 31.0 Å². The lowest BCUT2D eigenvalue weighted by Gasteiger charge is -2.18. The zero-order chi connectivity index (χ0) is 12.3. The van der Waals surface area contributed by atoms with Crippen LogP contribution in [-0.4, -0.2) is 17.0 Å². The normalized spacial score (nSPS) is 10.3. The smallest absolute Gasteiger partial charge is 0.239 e. The molecule has 2 aromatic heterocycles. The molecule has 0 aliphatic heterocycles. The van der Waals surface area contributed by atoms with Crippen LogP contribution in [0.3, 0.4) is 0 Å². The van der Waals surface area contributed by atoms with Gasteiger partial charge in [0.2, 0.25) is 5.95 Å². The average Bonchev–Trinajstić information content (AvgIpc) is 2.81. The summed E-state index contributed by atoms with van der Waals surface area (Å²) in [6.07, 6.45) is 3.37. The molecule has 6 nitrogen and oxygen atoms in total. The Morgan fingerprint density at radius 1 is 1.47 bits per heavy atom. The standard InChI is InChI=1S/C11H15N5O/c1-8-5-10(14-11(13-8)15-12)16(2)6-9-3-4-17-7-9/h3-5,7H,6,12H2,1-2H3,(H,13,14,15). The molecular weight excluding hydrogens is 218 g/mol. The van der Waals surface area contributed by atoms with Gasteiger partial charge in [-0.1, -0.05) is 0 Å². The van der Waals surface area contributed by atoms with Gasteiger partial charge in [0.15, 0.2) is 0 Å². The molecule has 6 heteroatoms. The van der Waals surface area contributed by atoms with Gasteiger partial charge in [0.25, 0.3) is 0 Å². The summed E-state index contributed by atoms with van der Waals surface area (Å²) in [7, 11) is 1.95. The van der Waals surface area contributed by atoms with Crippen LogP contribution in [0, 0.1) is 6.92 Å². The number of furan rings is 1. The molecule has 2 rings (SSSR count). The molecule has 0 radical (unpaired) electrons. The molecule has 0 aromatic carbocycles. The lowest BCUT2D eigenvalue weighted by molar-refractivity contribution is 0.563. The van der Waals surface area contributed by atoms with Crippen LogP contribution in [0.5, 0.6) is 0 Å². The number of anilines is 2.